The molecule has 0 bridgehead atoms. The van der Waals surface area contributed by atoms with E-state index in [1.54, 1.807) is 11.8 Å². The van der Waals surface area contributed by atoms with Crippen LogP contribution in [0.4, 0.5) is 0 Å². The predicted molar refractivity (Wildman–Crippen MR) is 139 cm³/mol. The van der Waals surface area contributed by atoms with Gasteiger partial charge in [-0.25, -0.2) is 0 Å². The highest BCUT2D eigenvalue weighted by Crippen LogP contribution is 2.37. The van der Waals surface area contributed by atoms with Crippen molar-refractivity contribution >= 4 is 23.6 Å². The zero-order chi connectivity index (χ0) is 26.4. The van der Waals surface area contributed by atoms with Gasteiger partial charge in [0.05, 0.1) is 0 Å². The Bertz CT molecular complexity index is 1130. The van der Waals surface area contributed by atoms with Gasteiger partial charge >= 0.3 is 0 Å². The molecule has 1 saturated carbocycles. The van der Waals surface area contributed by atoms with E-state index in [1.165, 1.54) is 12.8 Å². The molecule has 0 spiro atoms. The van der Waals surface area contributed by atoms with Crippen molar-refractivity contribution in [1.82, 2.24) is 20.0 Å². The fourth-order valence-corrected chi connectivity index (χ4v) is 7.23. The first kappa shape index (κ1) is 25.3. The number of fused-ring (bicyclic) bond motifs is 1. The summed E-state index contributed by atoms with van der Waals surface area (Å²) in [4.78, 5) is 55.0. The van der Waals surface area contributed by atoms with Crippen molar-refractivity contribution < 1.29 is 23.9 Å². The predicted octanol–water partition coefficient (Wildman–Crippen LogP) is 2.33. The van der Waals surface area contributed by atoms with Crippen molar-refractivity contribution in [3.05, 3.63) is 29.3 Å². The molecule has 4 heterocycles. The van der Waals surface area contributed by atoms with Crippen LogP contribution in [0.15, 0.2) is 18.2 Å². The molecule has 1 aliphatic carbocycles. The highest BCUT2D eigenvalue weighted by atomic mass is 16.5. The first-order valence-electron chi connectivity index (χ1n) is 14.3. The quantitative estimate of drug-likeness (QED) is 0.596. The van der Waals surface area contributed by atoms with E-state index in [1.807, 2.05) is 23.1 Å². The number of imide groups is 1. The van der Waals surface area contributed by atoms with Crippen LogP contribution in [0.5, 0.6) is 5.75 Å². The molecule has 1 N–H and O–H groups in total. The molecule has 4 amide bonds. The third-order valence-electron chi connectivity index (χ3n) is 9.43. The summed E-state index contributed by atoms with van der Waals surface area (Å²) in [7, 11) is 0. The minimum absolute atomic E-state index is 0.117. The van der Waals surface area contributed by atoms with Gasteiger partial charge in [-0.15, -0.1) is 0 Å². The number of nitrogens with one attached hydrogen (secondary N) is 1. The molecule has 1 aromatic rings. The maximum Gasteiger partial charge on any atom is 0.255 e. The molecule has 4 fully saturated rings. The summed E-state index contributed by atoms with van der Waals surface area (Å²) in [6.07, 6.45) is 7.58. The Labute approximate surface area is 223 Å². The molecule has 4 atom stereocenters. The van der Waals surface area contributed by atoms with Crippen LogP contribution in [-0.2, 0) is 20.9 Å². The van der Waals surface area contributed by atoms with E-state index in [0.717, 1.165) is 63.2 Å². The van der Waals surface area contributed by atoms with Crippen molar-refractivity contribution in [2.45, 2.75) is 83.0 Å². The number of ether oxygens (including phenoxy) is 1. The Morgan fingerprint density at radius 3 is 2.58 bits per heavy atom. The molecule has 6 rings (SSSR count). The second kappa shape index (κ2) is 10.3. The molecular formula is C29H38N4O5. The number of piperidine rings is 2. The molecule has 1 aromatic carbocycles. The summed E-state index contributed by atoms with van der Waals surface area (Å²) >= 11 is 0. The van der Waals surface area contributed by atoms with Gasteiger partial charge in [0.15, 0.2) is 0 Å². The van der Waals surface area contributed by atoms with Gasteiger partial charge in [-0.3, -0.25) is 29.4 Å². The monoisotopic (exact) mass is 522 g/mol. The average Bonchev–Trinajstić information content (AvgIpc) is 3.19. The standard InChI is InChI=1S/C29H38N4O5/c1-18(34)31-12-4-5-19(14-31)21-15-32(16-21)24-6-2-3-7-26(24)38-22-8-9-23-20(13-22)17-33(29(23)37)25-10-11-27(35)30-28(25)36/h8-9,13,19,21,24-26H,2-7,10-12,14-17H2,1H3,(H,30,35,36)/t19?,24-,25?,26-/m0/s1. The van der Waals surface area contributed by atoms with Crippen molar-refractivity contribution in [3.63, 3.8) is 0 Å². The molecule has 9 heteroatoms. The van der Waals surface area contributed by atoms with Gasteiger partial charge in [-0.2, -0.15) is 0 Å². The molecule has 2 unspecified atom stereocenters. The summed E-state index contributed by atoms with van der Waals surface area (Å²) in [6, 6.07) is 5.45. The van der Waals surface area contributed by atoms with E-state index in [2.05, 4.69) is 10.2 Å². The maximum absolute atomic E-state index is 13.0. The lowest BCUT2D eigenvalue weighted by Crippen LogP contribution is -2.60. The molecule has 38 heavy (non-hydrogen) atoms. The van der Waals surface area contributed by atoms with Crippen molar-refractivity contribution in [1.29, 1.82) is 0 Å². The third-order valence-corrected chi connectivity index (χ3v) is 9.43. The summed E-state index contributed by atoms with van der Waals surface area (Å²) < 4.78 is 6.58. The Hall–Kier alpha value is -2.94. The zero-order valence-corrected chi connectivity index (χ0v) is 22.2. The second-order valence-corrected chi connectivity index (χ2v) is 11.8. The van der Waals surface area contributed by atoms with Crippen molar-refractivity contribution in [2.75, 3.05) is 26.2 Å². The van der Waals surface area contributed by atoms with Gasteiger partial charge < -0.3 is 14.5 Å². The highest BCUT2D eigenvalue weighted by molar-refractivity contribution is 6.05. The van der Waals surface area contributed by atoms with E-state index < -0.39 is 6.04 Å². The van der Waals surface area contributed by atoms with E-state index in [9.17, 15) is 19.2 Å². The SMILES string of the molecule is CC(=O)N1CCCC(C2CN([C@H]3CCCC[C@@H]3Oc3ccc4c(c3)CN(C3CCC(=O)NC3=O)C4=O)C2)C1. The zero-order valence-electron chi connectivity index (χ0n) is 22.2. The van der Waals surface area contributed by atoms with Crippen LogP contribution in [0, 0.1) is 11.8 Å². The Balaban J connectivity index is 1.08. The fraction of sp³-hybridized carbons (Fsp3) is 0.655. The minimum Gasteiger partial charge on any atom is -0.489 e. The molecule has 0 aromatic heterocycles. The van der Waals surface area contributed by atoms with Crippen LogP contribution in [-0.4, -0.2) is 82.7 Å². The Morgan fingerprint density at radius 1 is 0.974 bits per heavy atom. The van der Waals surface area contributed by atoms with Gasteiger partial charge in [0.2, 0.25) is 17.7 Å². The van der Waals surface area contributed by atoms with E-state index in [-0.39, 0.29) is 36.2 Å². The summed E-state index contributed by atoms with van der Waals surface area (Å²) in [6.45, 7) is 6.01. The maximum atomic E-state index is 13.0. The van der Waals surface area contributed by atoms with Crippen molar-refractivity contribution in [2.24, 2.45) is 11.8 Å². The number of benzene rings is 1. The fourth-order valence-electron chi connectivity index (χ4n) is 7.23. The molecule has 4 aliphatic heterocycles. The van der Waals surface area contributed by atoms with Crippen LogP contribution in [0.2, 0.25) is 0 Å². The molecule has 0 radical (unpaired) electrons. The van der Waals surface area contributed by atoms with E-state index in [4.69, 9.17) is 4.74 Å². The van der Waals surface area contributed by atoms with E-state index >= 15 is 0 Å². The van der Waals surface area contributed by atoms with Crippen LogP contribution in [0.1, 0.15) is 74.2 Å². The molecule has 204 valence electrons. The van der Waals surface area contributed by atoms with Gasteiger partial charge in [0, 0.05) is 57.7 Å². The Kier molecular flexibility index (Phi) is 6.88. The third kappa shape index (κ3) is 4.81. The Morgan fingerprint density at radius 2 is 1.79 bits per heavy atom. The lowest BCUT2D eigenvalue weighted by atomic mass is 9.78. The lowest BCUT2D eigenvalue weighted by molar-refractivity contribution is -0.137. The summed E-state index contributed by atoms with van der Waals surface area (Å²) in [5, 5.41) is 2.36. The smallest absolute Gasteiger partial charge is 0.255 e. The summed E-state index contributed by atoms with van der Waals surface area (Å²) in [5.41, 5.74) is 1.49. The van der Waals surface area contributed by atoms with Gasteiger partial charge in [-0.1, -0.05) is 6.42 Å². The van der Waals surface area contributed by atoms with Crippen molar-refractivity contribution in [3.8, 4) is 5.75 Å². The van der Waals surface area contributed by atoms with Crippen LogP contribution >= 0.6 is 0 Å². The van der Waals surface area contributed by atoms with Crippen LogP contribution < -0.4 is 10.1 Å². The number of nitrogens with zero attached hydrogens (tertiary/aromatic N) is 3. The molecule has 3 saturated heterocycles. The number of hydrogen-bond acceptors (Lipinski definition) is 6. The lowest BCUT2D eigenvalue weighted by Gasteiger charge is -2.52. The normalized spacial score (nSPS) is 30.6. The highest BCUT2D eigenvalue weighted by Gasteiger charge is 2.43. The number of hydrogen-bond donors (Lipinski definition) is 1. The van der Waals surface area contributed by atoms with Crippen LogP contribution in [0.3, 0.4) is 0 Å². The first-order valence-corrected chi connectivity index (χ1v) is 14.3. The molecule has 5 aliphatic rings. The second-order valence-electron chi connectivity index (χ2n) is 11.8. The molecule has 9 nitrogen and oxygen atoms in total. The number of amides is 4. The number of carbonyl (C=O) groups is 4. The first-order chi connectivity index (χ1) is 18.4. The van der Waals surface area contributed by atoms with E-state index in [0.29, 0.717) is 36.4 Å². The van der Waals surface area contributed by atoms with Gasteiger partial charge in [-0.05, 0) is 74.1 Å². The number of carbonyl (C=O) groups excluding carboxylic acids is 4. The molecular weight excluding hydrogens is 484 g/mol. The largest absolute Gasteiger partial charge is 0.489 e. The number of rotatable bonds is 5. The summed E-state index contributed by atoms with van der Waals surface area (Å²) in [5.74, 6) is 1.41. The van der Waals surface area contributed by atoms with Gasteiger partial charge in [0.25, 0.3) is 5.91 Å². The van der Waals surface area contributed by atoms with Gasteiger partial charge in [0.1, 0.15) is 17.9 Å². The van der Waals surface area contributed by atoms with Crippen LogP contribution in [0.25, 0.3) is 0 Å². The topological polar surface area (TPSA) is 99.3 Å². The number of likely N-dealkylation sites (tertiary alicyclic amines) is 2. The minimum atomic E-state index is -0.606. The average molecular weight is 523 g/mol.